The summed E-state index contributed by atoms with van der Waals surface area (Å²) in [5.41, 5.74) is 2.15. The summed E-state index contributed by atoms with van der Waals surface area (Å²) in [6.45, 7) is 1.86. The molecule has 12 heavy (non-hydrogen) atoms. The van der Waals surface area contributed by atoms with E-state index < -0.39 is 0 Å². The van der Waals surface area contributed by atoms with E-state index in [4.69, 9.17) is 0 Å². The molecule has 1 aliphatic rings. The maximum absolute atomic E-state index is 11.2. The molecule has 60 valence electrons. The van der Waals surface area contributed by atoms with Crippen LogP contribution in [0.15, 0.2) is 41.2 Å². The standard InChI is InChI=1S/C11H10O/c1-8-7-10(9-5-6-9)3-2-4-11(8)12/h2-7,9H,1H3. The summed E-state index contributed by atoms with van der Waals surface area (Å²) in [5.74, 6) is 0.482. The van der Waals surface area contributed by atoms with E-state index in [0.717, 1.165) is 5.56 Å². The van der Waals surface area contributed by atoms with Gasteiger partial charge in [0, 0.05) is 5.92 Å². The van der Waals surface area contributed by atoms with Crippen LogP contribution >= 0.6 is 0 Å². The normalized spacial score (nSPS) is 14.8. The molecule has 0 aliphatic heterocycles. The van der Waals surface area contributed by atoms with Crippen molar-refractivity contribution < 1.29 is 0 Å². The molecule has 1 aliphatic carbocycles. The Hall–Kier alpha value is -1.37. The number of aryl methyl sites for hydroxylation is 1. The van der Waals surface area contributed by atoms with Crippen LogP contribution < -0.4 is 5.43 Å². The van der Waals surface area contributed by atoms with E-state index in [1.807, 2.05) is 25.1 Å². The van der Waals surface area contributed by atoms with Gasteiger partial charge in [-0.25, -0.2) is 0 Å². The Morgan fingerprint density at radius 3 is 2.67 bits per heavy atom. The van der Waals surface area contributed by atoms with Gasteiger partial charge in [0.15, 0.2) is 5.43 Å². The van der Waals surface area contributed by atoms with Crippen molar-refractivity contribution in [2.24, 2.45) is 0 Å². The zero-order valence-electron chi connectivity index (χ0n) is 6.95. The third kappa shape index (κ3) is 1.30. The van der Waals surface area contributed by atoms with E-state index in [1.165, 1.54) is 5.56 Å². The lowest BCUT2D eigenvalue weighted by molar-refractivity contribution is 1.23. The Bertz CT molecular complexity index is 385. The minimum absolute atomic E-state index is 0.113. The van der Waals surface area contributed by atoms with Gasteiger partial charge < -0.3 is 0 Å². The Kier molecular flexibility index (Phi) is 1.58. The molecule has 1 heteroatoms. The summed E-state index contributed by atoms with van der Waals surface area (Å²) in [6.07, 6.45) is 4.25. The summed E-state index contributed by atoms with van der Waals surface area (Å²) in [5, 5.41) is 0. The molecule has 0 aromatic heterocycles. The summed E-state index contributed by atoms with van der Waals surface area (Å²) in [6, 6.07) is 7.40. The van der Waals surface area contributed by atoms with Gasteiger partial charge in [0.1, 0.15) is 0 Å². The second-order valence-corrected chi connectivity index (χ2v) is 3.13. The van der Waals surface area contributed by atoms with Gasteiger partial charge in [-0.3, -0.25) is 4.79 Å². The van der Waals surface area contributed by atoms with E-state index in [1.54, 1.807) is 6.07 Å². The van der Waals surface area contributed by atoms with E-state index in [-0.39, 0.29) is 5.43 Å². The highest BCUT2D eigenvalue weighted by atomic mass is 16.1. The third-order valence-corrected chi connectivity index (χ3v) is 2.08. The first-order valence-electron chi connectivity index (χ1n) is 4.06. The lowest BCUT2D eigenvalue weighted by Gasteiger charge is -1.91. The topological polar surface area (TPSA) is 17.1 Å². The first-order chi connectivity index (χ1) is 5.77. The molecule has 1 aromatic rings. The van der Waals surface area contributed by atoms with Crippen LogP contribution in [-0.4, -0.2) is 0 Å². The van der Waals surface area contributed by atoms with Gasteiger partial charge in [0.05, 0.1) is 0 Å². The fourth-order valence-electron chi connectivity index (χ4n) is 1.23. The van der Waals surface area contributed by atoms with Crippen molar-refractivity contribution in [3.8, 4) is 0 Å². The zero-order valence-corrected chi connectivity index (χ0v) is 6.95. The Morgan fingerprint density at radius 1 is 1.25 bits per heavy atom. The highest BCUT2D eigenvalue weighted by Gasteiger charge is 2.12. The lowest BCUT2D eigenvalue weighted by Crippen LogP contribution is -1.97. The lowest BCUT2D eigenvalue weighted by atomic mass is 10.1. The predicted octanol–water partition coefficient (Wildman–Crippen LogP) is 2.01. The molecule has 1 nitrogen and oxygen atoms in total. The molecule has 0 amide bonds. The van der Waals surface area contributed by atoms with Crippen LogP contribution in [0.5, 0.6) is 0 Å². The van der Waals surface area contributed by atoms with Crippen LogP contribution in [0.1, 0.15) is 17.0 Å². The fraction of sp³-hybridized carbons (Fsp3) is 0.182. The molecule has 0 bridgehead atoms. The molecule has 0 spiro atoms. The predicted molar refractivity (Wildman–Crippen MR) is 49.3 cm³/mol. The fourth-order valence-corrected chi connectivity index (χ4v) is 1.23. The highest BCUT2D eigenvalue weighted by molar-refractivity contribution is 5.38. The first-order valence-corrected chi connectivity index (χ1v) is 4.06. The molecule has 0 unspecified atom stereocenters. The summed E-state index contributed by atoms with van der Waals surface area (Å²) in [7, 11) is 0. The SMILES string of the molecule is Cc1cc(C2C=C2)cccc1=O. The Labute approximate surface area is 71.4 Å². The molecule has 0 saturated carbocycles. The number of rotatable bonds is 1. The smallest absolute Gasteiger partial charge is 0.181 e. The molecule has 0 radical (unpaired) electrons. The van der Waals surface area contributed by atoms with Crippen molar-refractivity contribution >= 4 is 0 Å². The summed E-state index contributed by atoms with van der Waals surface area (Å²) >= 11 is 0. The Balaban J connectivity index is 2.53. The maximum atomic E-state index is 11.2. The Morgan fingerprint density at radius 2 is 2.00 bits per heavy atom. The number of allylic oxidation sites excluding steroid dienone is 2. The van der Waals surface area contributed by atoms with Crippen LogP contribution in [0.3, 0.4) is 0 Å². The number of hydrogen-bond acceptors (Lipinski definition) is 1. The van der Waals surface area contributed by atoms with Crippen LogP contribution in [0.2, 0.25) is 0 Å². The molecule has 0 fully saturated rings. The van der Waals surface area contributed by atoms with E-state index >= 15 is 0 Å². The average Bonchev–Trinajstić information content (AvgIpc) is 2.82. The van der Waals surface area contributed by atoms with E-state index in [9.17, 15) is 4.79 Å². The van der Waals surface area contributed by atoms with E-state index in [2.05, 4.69) is 12.2 Å². The van der Waals surface area contributed by atoms with Crippen LogP contribution in [0, 0.1) is 6.92 Å². The molecular formula is C11H10O. The van der Waals surface area contributed by atoms with Crippen LogP contribution in [-0.2, 0) is 0 Å². The largest absolute Gasteiger partial charge is 0.290 e. The van der Waals surface area contributed by atoms with Crippen molar-refractivity contribution in [3.05, 3.63) is 57.8 Å². The van der Waals surface area contributed by atoms with Crippen molar-refractivity contribution in [1.82, 2.24) is 0 Å². The van der Waals surface area contributed by atoms with Crippen molar-refractivity contribution in [1.29, 1.82) is 0 Å². The van der Waals surface area contributed by atoms with Gasteiger partial charge in [-0.05, 0) is 24.1 Å². The quantitative estimate of drug-likeness (QED) is 0.571. The van der Waals surface area contributed by atoms with E-state index in [0.29, 0.717) is 5.92 Å². The second-order valence-electron chi connectivity index (χ2n) is 3.13. The molecule has 2 rings (SSSR count). The summed E-state index contributed by atoms with van der Waals surface area (Å²) in [4.78, 5) is 11.2. The summed E-state index contributed by atoms with van der Waals surface area (Å²) < 4.78 is 0. The van der Waals surface area contributed by atoms with Crippen molar-refractivity contribution in [3.63, 3.8) is 0 Å². The van der Waals surface area contributed by atoms with Gasteiger partial charge in [-0.15, -0.1) is 0 Å². The molecule has 0 saturated heterocycles. The van der Waals surface area contributed by atoms with Gasteiger partial charge in [-0.1, -0.05) is 30.4 Å². The number of hydrogen-bond donors (Lipinski definition) is 0. The van der Waals surface area contributed by atoms with Gasteiger partial charge >= 0.3 is 0 Å². The molecule has 0 N–H and O–H groups in total. The first kappa shape index (κ1) is 7.29. The van der Waals surface area contributed by atoms with Crippen molar-refractivity contribution in [2.75, 3.05) is 0 Å². The minimum Gasteiger partial charge on any atom is -0.290 e. The van der Waals surface area contributed by atoms with Gasteiger partial charge in [0.25, 0.3) is 0 Å². The van der Waals surface area contributed by atoms with Gasteiger partial charge in [0.2, 0.25) is 0 Å². The molecule has 0 atom stereocenters. The van der Waals surface area contributed by atoms with Crippen molar-refractivity contribution in [2.45, 2.75) is 12.8 Å². The monoisotopic (exact) mass is 158 g/mol. The van der Waals surface area contributed by atoms with Crippen LogP contribution in [0.25, 0.3) is 0 Å². The highest BCUT2D eigenvalue weighted by Crippen LogP contribution is 2.28. The maximum Gasteiger partial charge on any atom is 0.181 e. The molecule has 1 aromatic carbocycles. The average molecular weight is 158 g/mol. The van der Waals surface area contributed by atoms with Crippen LogP contribution in [0.4, 0.5) is 0 Å². The van der Waals surface area contributed by atoms with Gasteiger partial charge in [-0.2, -0.15) is 0 Å². The second kappa shape index (κ2) is 2.59. The zero-order chi connectivity index (χ0) is 8.55. The minimum atomic E-state index is 0.113. The molecular weight excluding hydrogens is 148 g/mol. The molecule has 0 heterocycles. The third-order valence-electron chi connectivity index (χ3n) is 2.08.